The smallest absolute Gasteiger partial charge is 0.166 e. The van der Waals surface area contributed by atoms with Gasteiger partial charge in [-0.25, -0.2) is 4.39 Å². The fourth-order valence-corrected chi connectivity index (χ4v) is 1.00. The molecule has 3 N–H and O–H groups in total. The summed E-state index contributed by atoms with van der Waals surface area (Å²) >= 11 is 4.84. The summed E-state index contributed by atoms with van der Waals surface area (Å²) < 4.78 is 11.6. The molecule has 12 heavy (non-hydrogen) atoms. The molecule has 0 saturated carbocycles. The Hall–Kier alpha value is -0.420. The Morgan fingerprint density at radius 2 is 2.33 bits per heavy atom. The van der Waals surface area contributed by atoms with Gasteiger partial charge in [0.1, 0.15) is 6.67 Å². The summed E-state index contributed by atoms with van der Waals surface area (Å²) in [4.78, 5) is 0. The second-order valence-electron chi connectivity index (χ2n) is 2.50. The topological polar surface area (TPSA) is 44.3 Å². The van der Waals surface area contributed by atoms with E-state index >= 15 is 0 Å². The van der Waals surface area contributed by atoms with E-state index in [0.29, 0.717) is 11.5 Å². The van der Waals surface area contributed by atoms with Crippen molar-refractivity contribution in [3.05, 3.63) is 0 Å². The molecule has 0 fully saturated rings. The van der Waals surface area contributed by atoms with Crippen molar-refractivity contribution in [2.75, 3.05) is 19.8 Å². The van der Waals surface area contributed by atoms with Gasteiger partial charge in [-0.05, 0) is 25.6 Å². The van der Waals surface area contributed by atoms with Crippen LogP contribution in [-0.4, -0.2) is 36.1 Å². The minimum Gasteiger partial charge on any atom is -0.396 e. The molecule has 0 aliphatic carbocycles. The van der Waals surface area contributed by atoms with E-state index in [1.807, 2.05) is 6.92 Å². The third-order valence-corrected chi connectivity index (χ3v) is 1.58. The fraction of sp³-hybridized carbons (Fsp3) is 0.857. The Morgan fingerprint density at radius 3 is 2.83 bits per heavy atom. The maximum absolute atomic E-state index is 11.6. The highest BCUT2D eigenvalue weighted by molar-refractivity contribution is 7.80. The third-order valence-electron chi connectivity index (χ3n) is 1.32. The monoisotopic (exact) mass is 194 g/mol. The second-order valence-corrected chi connectivity index (χ2v) is 2.91. The summed E-state index contributed by atoms with van der Waals surface area (Å²) in [6, 6.07) is 0.120. The molecule has 0 heterocycles. The summed E-state index contributed by atoms with van der Waals surface area (Å²) in [5.74, 6) is 0. The molecule has 0 saturated heterocycles. The number of rotatable bonds is 5. The van der Waals surface area contributed by atoms with Crippen LogP contribution in [0.15, 0.2) is 0 Å². The van der Waals surface area contributed by atoms with Gasteiger partial charge in [0.05, 0.1) is 0 Å². The number of aliphatic hydroxyl groups is 1. The Bertz CT molecular complexity index is 135. The van der Waals surface area contributed by atoms with Crippen LogP contribution in [0.2, 0.25) is 0 Å². The number of aliphatic hydroxyl groups excluding tert-OH is 1. The van der Waals surface area contributed by atoms with Gasteiger partial charge in [-0.2, -0.15) is 0 Å². The Kier molecular flexibility index (Phi) is 6.99. The molecule has 0 radical (unpaired) electrons. The average Bonchev–Trinajstić information content (AvgIpc) is 2.01. The molecule has 3 nitrogen and oxygen atoms in total. The van der Waals surface area contributed by atoms with Gasteiger partial charge in [0.25, 0.3) is 0 Å². The second kappa shape index (κ2) is 7.24. The van der Waals surface area contributed by atoms with E-state index in [1.54, 1.807) is 0 Å². The van der Waals surface area contributed by atoms with Crippen LogP contribution in [0.3, 0.4) is 0 Å². The predicted octanol–water partition coefficient (Wildman–Crippen LogP) is 0.191. The molecule has 0 spiro atoms. The molecule has 72 valence electrons. The van der Waals surface area contributed by atoms with E-state index in [-0.39, 0.29) is 19.2 Å². The predicted molar refractivity (Wildman–Crippen MR) is 50.9 cm³/mol. The van der Waals surface area contributed by atoms with Crippen LogP contribution < -0.4 is 10.6 Å². The molecule has 5 heteroatoms. The lowest BCUT2D eigenvalue weighted by Crippen LogP contribution is -2.41. The van der Waals surface area contributed by atoms with Crippen LogP contribution >= 0.6 is 12.2 Å². The van der Waals surface area contributed by atoms with Crippen LogP contribution in [0.25, 0.3) is 0 Å². The average molecular weight is 194 g/mol. The van der Waals surface area contributed by atoms with Crippen molar-refractivity contribution in [1.29, 1.82) is 0 Å². The first-order valence-corrected chi connectivity index (χ1v) is 4.32. The van der Waals surface area contributed by atoms with Gasteiger partial charge in [-0.15, -0.1) is 0 Å². The van der Waals surface area contributed by atoms with Crippen molar-refractivity contribution in [3.63, 3.8) is 0 Å². The number of nitrogens with one attached hydrogen (secondary N) is 2. The molecule has 0 aliphatic rings. The molecule has 0 aliphatic heterocycles. The van der Waals surface area contributed by atoms with Gasteiger partial charge in [0.2, 0.25) is 0 Å². The fourth-order valence-electron chi connectivity index (χ4n) is 0.701. The van der Waals surface area contributed by atoms with E-state index in [0.717, 1.165) is 0 Å². The van der Waals surface area contributed by atoms with E-state index in [4.69, 9.17) is 17.3 Å². The molecule has 0 aromatic heterocycles. The van der Waals surface area contributed by atoms with E-state index in [1.165, 1.54) is 0 Å². The largest absolute Gasteiger partial charge is 0.396 e. The van der Waals surface area contributed by atoms with Gasteiger partial charge < -0.3 is 15.7 Å². The highest BCUT2D eigenvalue weighted by atomic mass is 32.1. The number of thiocarbonyl (C=S) groups is 1. The van der Waals surface area contributed by atoms with Crippen LogP contribution in [0.4, 0.5) is 4.39 Å². The molecule has 1 unspecified atom stereocenters. The van der Waals surface area contributed by atoms with Crippen LogP contribution in [0, 0.1) is 0 Å². The maximum Gasteiger partial charge on any atom is 0.166 e. The van der Waals surface area contributed by atoms with Gasteiger partial charge in [0.15, 0.2) is 5.11 Å². The number of hydrogen-bond acceptors (Lipinski definition) is 2. The molecule has 0 bridgehead atoms. The van der Waals surface area contributed by atoms with E-state index in [9.17, 15) is 4.39 Å². The molecule has 0 aromatic carbocycles. The first kappa shape index (κ1) is 11.6. The molecule has 0 rings (SSSR count). The standard InChI is InChI=1S/C7H15FN2OS/c1-6(2-5-11)10-7(12)9-4-3-8/h6,11H,2-5H2,1H3,(H2,9,10,12). The summed E-state index contributed by atoms with van der Waals surface area (Å²) in [5.41, 5.74) is 0. The lowest BCUT2D eigenvalue weighted by atomic mass is 10.2. The van der Waals surface area contributed by atoms with Crippen LogP contribution in [0.5, 0.6) is 0 Å². The summed E-state index contributed by atoms with van der Waals surface area (Å²) in [5, 5.41) is 14.6. The maximum atomic E-state index is 11.6. The molecule has 0 aromatic rings. The summed E-state index contributed by atoms with van der Waals surface area (Å²) in [6.07, 6.45) is 0.636. The van der Waals surface area contributed by atoms with Gasteiger partial charge >= 0.3 is 0 Å². The number of alkyl halides is 1. The summed E-state index contributed by atoms with van der Waals surface area (Å²) in [6.45, 7) is 1.83. The van der Waals surface area contributed by atoms with Crippen molar-refractivity contribution >= 4 is 17.3 Å². The third kappa shape index (κ3) is 6.30. The van der Waals surface area contributed by atoms with Crippen molar-refractivity contribution in [2.45, 2.75) is 19.4 Å². The highest BCUT2D eigenvalue weighted by Crippen LogP contribution is 1.87. The van der Waals surface area contributed by atoms with Crippen LogP contribution in [0.1, 0.15) is 13.3 Å². The van der Waals surface area contributed by atoms with Crippen molar-refractivity contribution in [2.24, 2.45) is 0 Å². The number of hydrogen-bond donors (Lipinski definition) is 3. The van der Waals surface area contributed by atoms with Crippen molar-refractivity contribution in [3.8, 4) is 0 Å². The van der Waals surface area contributed by atoms with Crippen LogP contribution in [-0.2, 0) is 0 Å². The van der Waals surface area contributed by atoms with Crippen molar-refractivity contribution < 1.29 is 9.50 Å². The Labute approximate surface area is 77.3 Å². The lowest BCUT2D eigenvalue weighted by molar-refractivity contribution is 0.275. The summed E-state index contributed by atoms with van der Waals surface area (Å²) in [7, 11) is 0. The Balaban J connectivity index is 3.40. The normalized spacial score (nSPS) is 12.2. The van der Waals surface area contributed by atoms with E-state index < -0.39 is 6.67 Å². The van der Waals surface area contributed by atoms with E-state index in [2.05, 4.69) is 10.6 Å². The van der Waals surface area contributed by atoms with Gasteiger partial charge in [-0.1, -0.05) is 0 Å². The highest BCUT2D eigenvalue weighted by Gasteiger charge is 2.01. The molecular formula is C7H15FN2OS. The number of halogens is 1. The zero-order valence-corrected chi connectivity index (χ0v) is 7.96. The minimum atomic E-state index is -0.434. The van der Waals surface area contributed by atoms with Crippen molar-refractivity contribution in [1.82, 2.24) is 10.6 Å². The Morgan fingerprint density at radius 1 is 1.67 bits per heavy atom. The molecule has 1 atom stereocenters. The zero-order valence-electron chi connectivity index (χ0n) is 7.14. The quantitative estimate of drug-likeness (QED) is 0.547. The van der Waals surface area contributed by atoms with Gasteiger partial charge in [-0.3, -0.25) is 0 Å². The van der Waals surface area contributed by atoms with Gasteiger partial charge in [0, 0.05) is 19.2 Å². The zero-order chi connectivity index (χ0) is 9.40. The SMILES string of the molecule is CC(CCO)NC(=S)NCCF. The first-order valence-electron chi connectivity index (χ1n) is 3.92. The lowest BCUT2D eigenvalue weighted by Gasteiger charge is -2.14. The molecule has 0 amide bonds. The molecular weight excluding hydrogens is 179 g/mol. The minimum absolute atomic E-state index is 0.120. The first-order chi connectivity index (χ1) is 5.70.